The third kappa shape index (κ3) is 4.06. The van der Waals surface area contributed by atoms with Gasteiger partial charge >= 0.3 is 0 Å². The fourth-order valence-corrected chi connectivity index (χ4v) is 4.98. The first kappa shape index (κ1) is 22.2. The first-order chi connectivity index (χ1) is 16.4. The Morgan fingerprint density at radius 2 is 1.91 bits per heavy atom. The summed E-state index contributed by atoms with van der Waals surface area (Å²) in [5.74, 6) is -1.01. The van der Waals surface area contributed by atoms with Gasteiger partial charge in [-0.25, -0.2) is 9.07 Å². The fraction of sp³-hybridized carbons (Fsp3) is 0.250. The van der Waals surface area contributed by atoms with Crippen molar-refractivity contribution in [1.82, 2.24) is 19.7 Å². The number of nitrogens with one attached hydrogen (secondary N) is 1. The molecule has 0 unspecified atom stereocenters. The minimum absolute atomic E-state index is 0.117. The van der Waals surface area contributed by atoms with Gasteiger partial charge in [0.2, 0.25) is 0 Å². The number of aliphatic hydroxyl groups is 1. The molecule has 4 aromatic rings. The molecule has 3 heterocycles. The van der Waals surface area contributed by atoms with Crippen molar-refractivity contribution in [3.8, 4) is 5.69 Å². The van der Waals surface area contributed by atoms with Crippen molar-refractivity contribution in [3.05, 3.63) is 71.2 Å². The summed E-state index contributed by atoms with van der Waals surface area (Å²) in [5.41, 5.74) is 2.64. The highest BCUT2D eigenvalue weighted by atomic mass is 32.1. The van der Waals surface area contributed by atoms with Gasteiger partial charge in [0.25, 0.3) is 11.8 Å². The van der Waals surface area contributed by atoms with Crippen LogP contribution in [0, 0.1) is 12.7 Å². The number of nitrogens with zero attached hydrogens (tertiary/aromatic N) is 4. The van der Waals surface area contributed by atoms with Crippen molar-refractivity contribution < 1.29 is 19.1 Å². The van der Waals surface area contributed by atoms with Crippen molar-refractivity contribution in [2.24, 2.45) is 0 Å². The number of thiazole rings is 1. The number of fused-ring (bicyclic) bond motifs is 1. The second kappa shape index (κ2) is 8.96. The first-order valence-electron chi connectivity index (χ1n) is 10.9. The van der Waals surface area contributed by atoms with Gasteiger partial charge in [0.1, 0.15) is 10.5 Å². The zero-order valence-corrected chi connectivity index (χ0v) is 19.2. The summed E-state index contributed by atoms with van der Waals surface area (Å²) in [6.07, 6.45) is 1.53. The molecule has 174 valence electrons. The van der Waals surface area contributed by atoms with Gasteiger partial charge in [-0.1, -0.05) is 29.0 Å². The number of halogens is 1. The maximum absolute atomic E-state index is 13.5. The van der Waals surface area contributed by atoms with Crippen LogP contribution in [0.5, 0.6) is 0 Å². The van der Waals surface area contributed by atoms with Gasteiger partial charge < -0.3 is 10.0 Å². The lowest BCUT2D eigenvalue weighted by Crippen LogP contribution is -2.37. The van der Waals surface area contributed by atoms with Gasteiger partial charge in [0.15, 0.2) is 16.5 Å². The van der Waals surface area contributed by atoms with Gasteiger partial charge in [-0.05, 0) is 56.2 Å². The van der Waals surface area contributed by atoms with Crippen LogP contribution in [0.1, 0.15) is 39.3 Å². The molecule has 1 aliphatic rings. The molecule has 0 aliphatic carbocycles. The first-order valence-corrected chi connectivity index (χ1v) is 11.7. The molecule has 1 atom stereocenters. The second-order valence-electron chi connectivity index (χ2n) is 8.21. The van der Waals surface area contributed by atoms with E-state index in [4.69, 9.17) is 0 Å². The Kier molecular flexibility index (Phi) is 5.84. The van der Waals surface area contributed by atoms with E-state index >= 15 is 0 Å². The number of aromatic nitrogens is 3. The molecular formula is C24H22FN5O3S. The Balaban J connectivity index is 1.55. The Morgan fingerprint density at radius 3 is 2.62 bits per heavy atom. The van der Waals surface area contributed by atoms with Crippen LogP contribution in [0.2, 0.25) is 0 Å². The number of carbonyl (C=O) groups excluding carboxylic acids is 2. The topological polar surface area (TPSA) is 100 Å². The number of likely N-dealkylation sites (tertiary alicyclic amines) is 1. The monoisotopic (exact) mass is 479 g/mol. The number of benzene rings is 2. The van der Waals surface area contributed by atoms with Crippen LogP contribution in [-0.2, 0) is 0 Å². The van der Waals surface area contributed by atoms with Gasteiger partial charge in [-0.2, -0.15) is 10.1 Å². The number of aliphatic hydroxyl groups excluding tert-OH is 1. The molecular weight excluding hydrogens is 457 g/mol. The lowest BCUT2D eigenvalue weighted by Gasteiger charge is -2.21. The molecule has 10 heteroatoms. The Hall–Kier alpha value is -3.63. The number of anilines is 1. The molecule has 0 bridgehead atoms. The number of hydrogen-bond acceptors (Lipinski definition) is 6. The quantitative estimate of drug-likeness (QED) is 0.454. The Morgan fingerprint density at radius 1 is 1.18 bits per heavy atom. The standard InChI is InChI=1S/C24H22FN5O3S/c1-14-4-6-15(7-5-14)22(32)27-24-26-21-20(34-24)19(23(33)29-12-2-3-18(29)13-31)28-30(21)17-10-8-16(25)9-11-17/h4-11,18,31H,2-3,12-13H2,1H3,(H,26,27,32)/t18-/m0/s1. The molecule has 0 spiro atoms. The molecule has 2 aromatic carbocycles. The van der Waals surface area contributed by atoms with E-state index in [0.29, 0.717) is 33.3 Å². The zero-order chi connectivity index (χ0) is 23.8. The minimum atomic E-state index is -0.393. The summed E-state index contributed by atoms with van der Waals surface area (Å²) in [4.78, 5) is 32.3. The molecule has 0 radical (unpaired) electrons. The van der Waals surface area contributed by atoms with Crippen molar-refractivity contribution >= 4 is 38.6 Å². The van der Waals surface area contributed by atoms with Crippen molar-refractivity contribution in [2.75, 3.05) is 18.5 Å². The van der Waals surface area contributed by atoms with Crippen LogP contribution >= 0.6 is 11.3 Å². The lowest BCUT2D eigenvalue weighted by molar-refractivity contribution is 0.0673. The van der Waals surface area contributed by atoms with Crippen molar-refractivity contribution in [3.63, 3.8) is 0 Å². The molecule has 34 heavy (non-hydrogen) atoms. The van der Waals surface area contributed by atoms with E-state index in [1.165, 1.54) is 16.8 Å². The molecule has 2 amide bonds. The summed E-state index contributed by atoms with van der Waals surface area (Å²) in [6, 6.07) is 12.6. The molecule has 2 N–H and O–H groups in total. The van der Waals surface area contributed by atoms with Gasteiger partial charge in [-0.3, -0.25) is 14.9 Å². The number of carbonyl (C=O) groups is 2. The largest absolute Gasteiger partial charge is 0.394 e. The molecule has 0 saturated carbocycles. The summed E-state index contributed by atoms with van der Waals surface area (Å²) < 4.78 is 15.5. The summed E-state index contributed by atoms with van der Waals surface area (Å²) >= 11 is 1.15. The Bertz CT molecular complexity index is 1360. The highest BCUT2D eigenvalue weighted by Gasteiger charge is 2.33. The molecule has 2 aromatic heterocycles. The maximum Gasteiger partial charge on any atom is 0.276 e. The number of hydrogen-bond donors (Lipinski definition) is 2. The summed E-state index contributed by atoms with van der Waals surface area (Å²) in [7, 11) is 0. The van der Waals surface area contributed by atoms with Crippen LogP contribution < -0.4 is 5.32 Å². The van der Waals surface area contributed by atoms with E-state index in [-0.39, 0.29) is 30.2 Å². The van der Waals surface area contributed by atoms with Gasteiger partial charge in [0.05, 0.1) is 18.3 Å². The molecule has 8 nitrogen and oxygen atoms in total. The van der Waals surface area contributed by atoms with Crippen molar-refractivity contribution in [2.45, 2.75) is 25.8 Å². The predicted molar refractivity (Wildman–Crippen MR) is 127 cm³/mol. The SMILES string of the molecule is Cc1ccc(C(=O)Nc2nc3c(s2)c(C(=O)N2CCC[C@H]2CO)nn3-c2ccc(F)cc2)cc1. The molecule has 5 rings (SSSR count). The Labute approximate surface area is 198 Å². The highest BCUT2D eigenvalue weighted by molar-refractivity contribution is 7.22. The lowest BCUT2D eigenvalue weighted by atomic mass is 10.1. The highest BCUT2D eigenvalue weighted by Crippen LogP contribution is 2.33. The third-order valence-electron chi connectivity index (χ3n) is 5.88. The predicted octanol–water partition coefficient (Wildman–Crippen LogP) is 3.78. The van der Waals surface area contributed by atoms with Crippen LogP contribution in [0.15, 0.2) is 48.5 Å². The van der Waals surface area contributed by atoms with E-state index in [1.54, 1.807) is 29.2 Å². The fourth-order valence-electron chi connectivity index (χ4n) is 4.06. The van der Waals surface area contributed by atoms with Crippen LogP contribution in [0.4, 0.5) is 9.52 Å². The van der Waals surface area contributed by atoms with E-state index in [9.17, 15) is 19.1 Å². The van der Waals surface area contributed by atoms with Crippen molar-refractivity contribution in [1.29, 1.82) is 0 Å². The average Bonchev–Trinajstić information content (AvgIpc) is 3.55. The summed E-state index contributed by atoms with van der Waals surface area (Å²) in [6.45, 7) is 2.36. The minimum Gasteiger partial charge on any atom is -0.394 e. The summed E-state index contributed by atoms with van der Waals surface area (Å²) in [5, 5.41) is 17.3. The van der Waals surface area contributed by atoms with E-state index in [1.807, 2.05) is 19.1 Å². The van der Waals surface area contributed by atoms with Crippen LogP contribution in [-0.4, -0.2) is 55.8 Å². The van der Waals surface area contributed by atoms with Gasteiger partial charge in [0, 0.05) is 12.1 Å². The van der Waals surface area contributed by atoms with E-state index in [2.05, 4.69) is 15.4 Å². The average molecular weight is 480 g/mol. The van der Waals surface area contributed by atoms with Gasteiger partial charge in [-0.15, -0.1) is 0 Å². The third-order valence-corrected chi connectivity index (χ3v) is 6.85. The second-order valence-corrected chi connectivity index (χ2v) is 9.20. The molecule has 1 aliphatic heterocycles. The van der Waals surface area contributed by atoms with Crippen LogP contribution in [0.25, 0.3) is 16.0 Å². The maximum atomic E-state index is 13.5. The van der Waals surface area contributed by atoms with E-state index < -0.39 is 5.82 Å². The zero-order valence-electron chi connectivity index (χ0n) is 18.4. The number of amides is 2. The van der Waals surface area contributed by atoms with E-state index in [0.717, 1.165) is 29.7 Å². The smallest absolute Gasteiger partial charge is 0.276 e. The number of aryl methyl sites for hydroxylation is 1. The normalized spacial score (nSPS) is 15.7. The molecule has 1 fully saturated rings. The number of rotatable bonds is 5. The van der Waals surface area contributed by atoms with Crippen LogP contribution in [0.3, 0.4) is 0 Å². The molecule has 1 saturated heterocycles.